The zero-order valence-corrected chi connectivity index (χ0v) is 15.9. The van der Waals surface area contributed by atoms with Crippen LogP contribution in [0.5, 0.6) is 0 Å². The number of aromatic nitrogens is 4. The predicted octanol–water partition coefficient (Wildman–Crippen LogP) is 4.15. The van der Waals surface area contributed by atoms with Crippen molar-refractivity contribution in [2.45, 2.75) is 32.6 Å². The Labute approximate surface area is 153 Å². The summed E-state index contributed by atoms with van der Waals surface area (Å²) >= 11 is 3.60. The maximum Gasteiger partial charge on any atom is 0.156 e. The number of hydrogen-bond acceptors (Lipinski definition) is 6. The summed E-state index contributed by atoms with van der Waals surface area (Å²) in [7, 11) is 0. The van der Waals surface area contributed by atoms with Gasteiger partial charge in [0, 0.05) is 4.88 Å². The van der Waals surface area contributed by atoms with Crippen LogP contribution in [0.1, 0.15) is 34.9 Å². The van der Waals surface area contributed by atoms with Gasteiger partial charge < -0.3 is 5.32 Å². The van der Waals surface area contributed by atoms with Crippen molar-refractivity contribution in [3.63, 3.8) is 0 Å². The van der Waals surface area contributed by atoms with Gasteiger partial charge in [-0.05, 0) is 63.4 Å². The van der Waals surface area contributed by atoms with Gasteiger partial charge in [-0.25, -0.2) is 14.5 Å². The predicted molar refractivity (Wildman–Crippen MR) is 104 cm³/mol. The standard InChI is InChI=1S/C18H19N5S2/c1-10-7-13(22-23-9-11(2)20-16(10)23)17-21-18-15(25-17)8-14(24-18)12-3-5-19-6-4-12/h7-9,12,19H,3-6H2,1-2H3. The van der Waals surface area contributed by atoms with Gasteiger partial charge in [0.25, 0.3) is 0 Å². The third-order valence-electron chi connectivity index (χ3n) is 4.80. The van der Waals surface area contributed by atoms with Crippen LogP contribution in [-0.2, 0) is 0 Å². The number of imidazole rings is 1. The Bertz CT molecular complexity index is 1040. The van der Waals surface area contributed by atoms with Crippen molar-refractivity contribution in [3.8, 4) is 10.7 Å². The quantitative estimate of drug-likeness (QED) is 0.577. The number of nitrogens with one attached hydrogen (secondary N) is 1. The molecule has 0 spiro atoms. The van der Waals surface area contributed by atoms with Gasteiger partial charge in [0.15, 0.2) is 5.65 Å². The van der Waals surface area contributed by atoms with E-state index in [1.54, 1.807) is 11.3 Å². The molecule has 0 amide bonds. The summed E-state index contributed by atoms with van der Waals surface area (Å²) in [6, 6.07) is 4.45. The molecule has 5 rings (SSSR count). The van der Waals surface area contributed by atoms with E-state index < -0.39 is 0 Å². The van der Waals surface area contributed by atoms with Crippen molar-refractivity contribution >= 4 is 37.9 Å². The lowest BCUT2D eigenvalue weighted by Crippen LogP contribution is -2.26. The van der Waals surface area contributed by atoms with E-state index in [9.17, 15) is 0 Å². The molecule has 5 heterocycles. The third kappa shape index (κ3) is 2.67. The molecule has 0 radical (unpaired) electrons. The Morgan fingerprint density at radius 3 is 2.76 bits per heavy atom. The van der Waals surface area contributed by atoms with Gasteiger partial charge in [0.1, 0.15) is 15.5 Å². The van der Waals surface area contributed by atoms with Crippen LogP contribution in [0.3, 0.4) is 0 Å². The number of thiazole rings is 1. The zero-order chi connectivity index (χ0) is 17.0. The van der Waals surface area contributed by atoms with Gasteiger partial charge in [0.05, 0.1) is 16.6 Å². The van der Waals surface area contributed by atoms with Crippen molar-refractivity contribution in [1.29, 1.82) is 0 Å². The SMILES string of the molecule is Cc1cn2nc(-c3nc4sc(C5CCNCC5)cc4s3)cc(C)c2n1. The maximum atomic E-state index is 4.88. The lowest BCUT2D eigenvalue weighted by molar-refractivity contribution is 0.465. The fraction of sp³-hybridized carbons (Fsp3) is 0.389. The first kappa shape index (κ1) is 15.4. The largest absolute Gasteiger partial charge is 0.317 e. The molecule has 0 aromatic carbocycles. The summed E-state index contributed by atoms with van der Waals surface area (Å²) in [5.41, 5.74) is 3.97. The number of rotatable bonds is 2. The van der Waals surface area contributed by atoms with Gasteiger partial charge in [-0.2, -0.15) is 5.10 Å². The Morgan fingerprint density at radius 1 is 1.12 bits per heavy atom. The molecular weight excluding hydrogens is 350 g/mol. The molecule has 4 aromatic heterocycles. The summed E-state index contributed by atoms with van der Waals surface area (Å²) in [5, 5.41) is 9.15. The summed E-state index contributed by atoms with van der Waals surface area (Å²) < 4.78 is 3.16. The van der Waals surface area contributed by atoms with Crippen LogP contribution >= 0.6 is 22.7 Å². The molecule has 7 heteroatoms. The summed E-state index contributed by atoms with van der Waals surface area (Å²) in [6.45, 7) is 6.33. The van der Waals surface area contributed by atoms with Crippen LogP contribution in [0, 0.1) is 13.8 Å². The minimum absolute atomic E-state index is 0.696. The molecule has 1 aliphatic heterocycles. The molecule has 0 aliphatic carbocycles. The van der Waals surface area contributed by atoms with E-state index in [0.29, 0.717) is 5.92 Å². The third-order valence-corrected chi connectivity index (χ3v) is 7.14. The molecule has 0 atom stereocenters. The van der Waals surface area contributed by atoms with Crippen LogP contribution in [0.15, 0.2) is 18.3 Å². The van der Waals surface area contributed by atoms with Crippen molar-refractivity contribution in [1.82, 2.24) is 24.9 Å². The summed E-state index contributed by atoms with van der Waals surface area (Å²) in [5.74, 6) is 0.696. The molecule has 0 saturated carbocycles. The molecule has 5 nitrogen and oxygen atoms in total. The number of fused-ring (bicyclic) bond motifs is 2. The molecule has 0 unspecified atom stereocenters. The molecule has 128 valence electrons. The van der Waals surface area contributed by atoms with Crippen molar-refractivity contribution < 1.29 is 0 Å². The molecule has 1 saturated heterocycles. The van der Waals surface area contributed by atoms with E-state index in [4.69, 9.17) is 10.1 Å². The highest BCUT2D eigenvalue weighted by Gasteiger charge is 2.20. The second-order valence-corrected chi connectivity index (χ2v) is 8.82. The minimum atomic E-state index is 0.696. The Kier molecular flexibility index (Phi) is 3.62. The fourth-order valence-electron chi connectivity index (χ4n) is 3.52. The number of thiophene rings is 1. The Hall–Kier alpha value is -1.83. The first-order valence-electron chi connectivity index (χ1n) is 8.62. The average Bonchev–Trinajstić information content (AvgIpc) is 3.27. The summed E-state index contributed by atoms with van der Waals surface area (Å²) in [6.07, 6.45) is 4.44. The van der Waals surface area contributed by atoms with Gasteiger partial charge in [0.2, 0.25) is 0 Å². The zero-order valence-electron chi connectivity index (χ0n) is 14.2. The smallest absolute Gasteiger partial charge is 0.156 e. The lowest BCUT2D eigenvalue weighted by Gasteiger charge is -2.21. The van der Waals surface area contributed by atoms with E-state index >= 15 is 0 Å². The van der Waals surface area contributed by atoms with Gasteiger partial charge >= 0.3 is 0 Å². The fourth-order valence-corrected chi connectivity index (χ4v) is 5.87. The Balaban J connectivity index is 1.53. The topological polar surface area (TPSA) is 55.1 Å². The first-order valence-corrected chi connectivity index (χ1v) is 10.3. The second-order valence-electron chi connectivity index (χ2n) is 6.72. The molecule has 1 aliphatic rings. The highest BCUT2D eigenvalue weighted by atomic mass is 32.1. The average molecular weight is 370 g/mol. The minimum Gasteiger partial charge on any atom is -0.317 e. The van der Waals surface area contributed by atoms with Crippen LogP contribution in [0.25, 0.3) is 25.9 Å². The van der Waals surface area contributed by atoms with Crippen molar-refractivity contribution in [3.05, 3.63) is 34.5 Å². The van der Waals surface area contributed by atoms with E-state index in [2.05, 4.69) is 29.4 Å². The van der Waals surface area contributed by atoms with Gasteiger partial charge in [-0.3, -0.25) is 0 Å². The van der Waals surface area contributed by atoms with Gasteiger partial charge in [-0.1, -0.05) is 0 Å². The molecular formula is C18H19N5S2. The van der Waals surface area contributed by atoms with Crippen molar-refractivity contribution in [2.24, 2.45) is 0 Å². The van der Waals surface area contributed by atoms with E-state index in [0.717, 1.165) is 45.5 Å². The molecule has 1 N–H and O–H groups in total. The van der Waals surface area contributed by atoms with Crippen LogP contribution in [0.2, 0.25) is 0 Å². The van der Waals surface area contributed by atoms with Crippen LogP contribution in [-0.4, -0.2) is 32.7 Å². The van der Waals surface area contributed by atoms with Crippen molar-refractivity contribution in [2.75, 3.05) is 13.1 Å². The molecule has 0 bridgehead atoms. The summed E-state index contributed by atoms with van der Waals surface area (Å²) in [4.78, 5) is 12.0. The second kappa shape index (κ2) is 5.86. The van der Waals surface area contributed by atoms with Crippen LogP contribution < -0.4 is 5.32 Å². The van der Waals surface area contributed by atoms with E-state index in [1.165, 1.54) is 22.4 Å². The highest BCUT2D eigenvalue weighted by Crippen LogP contribution is 2.39. The number of hydrogen-bond donors (Lipinski definition) is 1. The van der Waals surface area contributed by atoms with E-state index in [1.807, 2.05) is 29.0 Å². The highest BCUT2D eigenvalue weighted by molar-refractivity contribution is 7.28. The number of nitrogens with zero attached hydrogens (tertiary/aromatic N) is 4. The lowest BCUT2D eigenvalue weighted by atomic mass is 9.97. The monoisotopic (exact) mass is 369 g/mol. The molecule has 1 fully saturated rings. The van der Waals surface area contributed by atoms with Gasteiger partial charge in [-0.15, -0.1) is 22.7 Å². The number of piperidine rings is 1. The maximum absolute atomic E-state index is 4.88. The number of aryl methyl sites for hydroxylation is 2. The molecule has 25 heavy (non-hydrogen) atoms. The van der Waals surface area contributed by atoms with Crippen LogP contribution in [0.4, 0.5) is 0 Å². The van der Waals surface area contributed by atoms with E-state index in [-0.39, 0.29) is 0 Å². The Morgan fingerprint density at radius 2 is 1.96 bits per heavy atom. The normalized spacial score (nSPS) is 16.2. The molecule has 4 aromatic rings. The first-order chi connectivity index (χ1) is 12.2.